The Morgan fingerprint density at radius 2 is 1.68 bits per heavy atom. The molecule has 2 aromatic rings. The summed E-state index contributed by atoms with van der Waals surface area (Å²) < 4.78 is 26.4. The maximum Gasteiger partial charge on any atom is 0.182 e. The predicted molar refractivity (Wildman–Crippen MR) is 99.3 cm³/mol. The largest absolute Gasteiger partial charge is 0.396 e. The monoisotopic (exact) mass is 359 g/mol. The van der Waals surface area contributed by atoms with E-state index in [4.69, 9.17) is 5.73 Å². The predicted octanol–water partition coefficient (Wildman–Crippen LogP) is 2.43. The van der Waals surface area contributed by atoms with Crippen molar-refractivity contribution in [3.63, 3.8) is 0 Å². The van der Waals surface area contributed by atoms with Crippen molar-refractivity contribution >= 4 is 9.84 Å². The molecule has 1 aliphatic rings. The molecule has 0 amide bonds. The van der Waals surface area contributed by atoms with Crippen molar-refractivity contribution in [2.24, 2.45) is 11.1 Å². The summed E-state index contributed by atoms with van der Waals surface area (Å²) in [7, 11) is -3.57. The first-order valence-electron chi connectivity index (χ1n) is 8.61. The average Bonchev–Trinajstić information content (AvgIpc) is 3.33. The van der Waals surface area contributed by atoms with Gasteiger partial charge in [-0.25, -0.2) is 8.42 Å². The summed E-state index contributed by atoms with van der Waals surface area (Å²) >= 11 is 0. The Hall–Kier alpha value is -1.69. The van der Waals surface area contributed by atoms with Crippen LogP contribution in [0.1, 0.15) is 29.5 Å². The second kappa shape index (κ2) is 6.56. The van der Waals surface area contributed by atoms with Crippen LogP contribution in [-0.4, -0.2) is 31.9 Å². The molecule has 134 valence electrons. The normalized spacial score (nSPS) is 25.8. The van der Waals surface area contributed by atoms with Gasteiger partial charge in [0.1, 0.15) is 0 Å². The highest BCUT2D eigenvalue weighted by Crippen LogP contribution is 2.63. The van der Waals surface area contributed by atoms with Crippen molar-refractivity contribution in [3.8, 4) is 0 Å². The molecule has 0 aromatic heterocycles. The lowest BCUT2D eigenvalue weighted by molar-refractivity contribution is 0.212. The van der Waals surface area contributed by atoms with Crippen LogP contribution >= 0.6 is 0 Å². The fourth-order valence-corrected chi connectivity index (χ4v) is 6.23. The highest BCUT2D eigenvalue weighted by molar-refractivity contribution is 7.92. The van der Waals surface area contributed by atoms with Crippen molar-refractivity contribution in [3.05, 3.63) is 65.2 Å². The lowest BCUT2D eigenvalue weighted by atomic mass is 9.99. The third-order valence-electron chi connectivity index (χ3n) is 5.48. The smallest absolute Gasteiger partial charge is 0.182 e. The Labute approximate surface area is 149 Å². The molecule has 0 aliphatic heterocycles. The first kappa shape index (κ1) is 18.1. The summed E-state index contributed by atoms with van der Waals surface area (Å²) in [6.07, 6.45) is 0.929. The Balaban J connectivity index is 2.02. The van der Waals surface area contributed by atoms with Gasteiger partial charge in [0.25, 0.3) is 0 Å². The van der Waals surface area contributed by atoms with Crippen LogP contribution in [0.4, 0.5) is 0 Å². The van der Waals surface area contributed by atoms with Crippen LogP contribution < -0.4 is 5.73 Å². The molecular formula is C20H25NO3S. The van der Waals surface area contributed by atoms with Crippen LogP contribution in [0, 0.1) is 12.3 Å². The molecule has 0 heterocycles. The van der Waals surface area contributed by atoms with Crippen LogP contribution in [-0.2, 0) is 16.3 Å². The van der Waals surface area contributed by atoms with Gasteiger partial charge in [0.2, 0.25) is 0 Å². The van der Waals surface area contributed by atoms with Gasteiger partial charge in [0, 0.05) is 17.9 Å². The topological polar surface area (TPSA) is 80.4 Å². The van der Waals surface area contributed by atoms with E-state index in [1.807, 2.05) is 31.2 Å². The number of nitrogens with two attached hydrogens (primary N) is 1. The average molecular weight is 359 g/mol. The second-order valence-electron chi connectivity index (χ2n) is 6.95. The Bertz CT molecular complexity index is 838. The summed E-state index contributed by atoms with van der Waals surface area (Å²) in [5.74, 6) is -0.278. The van der Waals surface area contributed by atoms with Crippen LogP contribution in [0.2, 0.25) is 0 Å². The number of benzene rings is 2. The molecule has 1 fully saturated rings. The summed E-state index contributed by atoms with van der Waals surface area (Å²) in [5.41, 5.74) is 8.25. The summed E-state index contributed by atoms with van der Waals surface area (Å²) in [5, 5.41) is 9.28. The summed E-state index contributed by atoms with van der Waals surface area (Å²) in [6, 6.07) is 14.8. The molecule has 3 atom stereocenters. The van der Waals surface area contributed by atoms with Gasteiger partial charge in [0.05, 0.1) is 16.8 Å². The van der Waals surface area contributed by atoms with Crippen molar-refractivity contribution < 1.29 is 13.5 Å². The molecule has 25 heavy (non-hydrogen) atoms. The SMILES string of the molecule is CCc1ccc([C@@H]2[C@@H](S(=O)(=O)c3ccc(C)cc3)[C@@]2(CN)CO)cc1. The Morgan fingerprint density at radius 1 is 1.08 bits per heavy atom. The van der Waals surface area contributed by atoms with Gasteiger partial charge < -0.3 is 10.8 Å². The number of aliphatic hydroxyl groups is 1. The molecule has 5 heteroatoms. The Morgan fingerprint density at radius 3 is 2.16 bits per heavy atom. The molecule has 0 radical (unpaired) electrons. The molecule has 3 N–H and O–H groups in total. The van der Waals surface area contributed by atoms with Gasteiger partial charge in [-0.2, -0.15) is 0 Å². The first-order valence-corrected chi connectivity index (χ1v) is 10.2. The lowest BCUT2D eigenvalue weighted by Crippen LogP contribution is -2.27. The van der Waals surface area contributed by atoms with Crippen LogP contribution in [0.3, 0.4) is 0 Å². The van der Waals surface area contributed by atoms with Gasteiger partial charge >= 0.3 is 0 Å². The van der Waals surface area contributed by atoms with E-state index in [2.05, 4.69) is 6.92 Å². The van der Waals surface area contributed by atoms with E-state index in [1.165, 1.54) is 5.56 Å². The number of sulfone groups is 1. The molecule has 0 bridgehead atoms. The third-order valence-corrected chi connectivity index (χ3v) is 7.82. The Kier molecular flexibility index (Phi) is 4.75. The van der Waals surface area contributed by atoms with Crippen molar-refractivity contribution in [1.29, 1.82) is 0 Å². The minimum Gasteiger partial charge on any atom is -0.396 e. The van der Waals surface area contributed by atoms with E-state index < -0.39 is 20.5 Å². The number of hydrogen-bond acceptors (Lipinski definition) is 4. The fraction of sp³-hybridized carbons (Fsp3) is 0.400. The van der Waals surface area contributed by atoms with Gasteiger partial charge in [0.15, 0.2) is 9.84 Å². The molecule has 4 nitrogen and oxygen atoms in total. The fourth-order valence-electron chi connectivity index (χ4n) is 3.78. The van der Waals surface area contributed by atoms with Gasteiger partial charge in [-0.05, 0) is 36.6 Å². The minimum absolute atomic E-state index is 0.138. The van der Waals surface area contributed by atoms with Gasteiger partial charge in [-0.3, -0.25) is 0 Å². The van der Waals surface area contributed by atoms with Crippen molar-refractivity contribution in [2.45, 2.75) is 36.3 Å². The first-order chi connectivity index (χ1) is 11.9. The van der Waals surface area contributed by atoms with Gasteiger partial charge in [-0.15, -0.1) is 0 Å². The highest BCUT2D eigenvalue weighted by Gasteiger charge is 2.70. The molecule has 0 unspecified atom stereocenters. The third kappa shape index (κ3) is 2.90. The number of aryl methyl sites for hydroxylation is 2. The summed E-state index contributed by atoms with van der Waals surface area (Å²) in [6.45, 7) is 3.90. The van der Waals surface area contributed by atoms with E-state index >= 15 is 0 Å². The minimum atomic E-state index is -3.57. The van der Waals surface area contributed by atoms with Crippen LogP contribution in [0.15, 0.2) is 53.4 Å². The standard InChI is InChI=1S/C20H25NO3S/c1-3-15-6-8-16(9-7-15)18-19(20(18,12-21)13-22)25(23,24)17-10-4-14(2)5-11-17/h4-11,18-19,22H,3,12-13,21H2,1-2H3/t18-,19-,20+/m1/s1. The van der Waals surface area contributed by atoms with E-state index in [1.54, 1.807) is 24.3 Å². The molecule has 2 aromatic carbocycles. The van der Waals surface area contributed by atoms with Crippen molar-refractivity contribution in [2.75, 3.05) is 13.2 Å². The molecule has 3 rings (SSSR count). The number of rotatable bonds is 6. The maximum absolute atomic E-state index is 13.2. The van der Waals surface area contributed by atoms with Crippen LogP contribution in [0.5, 0.6) is 0 Å². The van der Waals surface area contributed by atoms with Crippen molar-refractivity contribution in [1.82, 2.24) is 0 Å². The van der Waals surface area contributed by atoms with E-state index in [0.29, 0.717) is 4.90 Å². The molecule has 0 spiro atoms. The zero-order valence-corrected chi connectivity index (χ0v) is 15.5. The summed E-state index contributed by atoms with van der Waals surface area (Å²) in [4.78, 5) is 0.294. The molecule has 0 saturated heterocycles. The molecule has 1 saturated carbocycles. The molecular weight excluding hydrogens is 334 g/mol. The van der Waals surface area contributed by atoms with E-state index in [0.717, 1.165) is 17.5 Å². The highest BCUT2D eigenvalue weighted by atomic mass is 32.2. The number of aliphatic hydroxyl groups excluding tert-OH is 1. The quantitative estimate of drug-likeness (QED) is 0.830. The molecule has 1 aliphatic carbocycles. The van der Waals surface area contributed by atoms with Gasteiger partial charge in [-0.1, -0.05) is 48.9 Å². The maximum atomic E-state index is 13.2. The second-order valence-corrected chi connectivity index (χ2v) is 9.02. The van der Waals surface area contributed by atoms with Crippen LogP contribution in [0.25, 0.3) is 0 Å². The zero-order valence-electron chi connectivity index (χ0n) is 14.6. The zero-order chi connectivity index (χ0) is 18.2. The van der Waals surface area contributed by atoms with E-state index in [9.17, 15) is 13.5 Å². The number of hydrogen-bond donors (Lipinski definition) is 2. The van der Waals surface area contributed by atoms with E-state index in [-0.39, 0.29) is 19.1 Å². The lowest BCUT2D eigenvalue weighted by Gasteiger charge is -2.12.